The predicted octanol–water partition coefficient (Wildman–Crippen LogP) is 2.69. The number of anilines is 1. The lowest BCUT2D eigenvalue weighted by Crippen LogP contribution is -2.04. The standard InChI is InChI=1S/C11H13N5O2S/c1-2-6-12-8-4-3-5-9(10(8)16(17)18)19-11-13-7-14-15-11/h3-5,7,12H,2,6H2,1H3,(H,13,14,15). The fourth-order valence-corrected chi connectivity index (χ4v) is 2.38. The van der Waals surface area contributed by atoms with E-state index in [2.05, 4.69) is 20.5 Å². The average Bonchev–Trinajstić information content (AvgIpc) is 2.89. The lowest BCUT2D eigenvalue weighted by Gasteiger charge is -2.08. The van der Waals surface area contributed by atoms with E-state index in [1.165, 1.54) is 18.1 Å². The summed E-state index contributed by atoms with van der Waals surface area (Å²) in [5, 5.41) is 21.2. The summed E-state index contributed by atoms with van der Waals surface area (Å²) < 4.78 is 0. The van der Waals surface area contributed by atoms with Crippen molar-refractivity contribution >= 4 is 23.1 Å². The van der Waals surface area contributed by atoms with Crippen LogP contribution in [0, 0.1) is 10.1 Å². The van der Waals surface area contributed by atoms with Gasteiger partial charge in [-0.05, 0) is 30.3 Å². The van der Waals surface area contributed by atoms with Crippen molar-refractivity contribution in [2.45, 2.75) is 23.4 Å². The van der Waals surface area contributed by atoms with Crippen LogP contribution in [0.2, 0.25) is 0 Å². The number of aromatic amines is 1. The normalized spacial score (nSPS) is 10.4. The number of rotatable bonds is 6. The van der Waals surface area contributed by atoms with Gasteiger partial charge in [-0.15, -0.1) is 0 Å². The molecule has 0 amide bonds. The fraction of sp³-hybridized carbons (Fsp3) is 0.273. The summed E-state index contributed by atoms with van der Waals surface area (Å²) in [5.41, 5.74) is 0.591. The molecule has 2 rings (SSSR count). The van der Waals surface area contributed by atoms with Crippen molar-refractivity contribution in [3.63, 3.8) is 0 Å². The van der Waals surface area contributed by atoms with Gasteiger partial charge in [0.2, 0.25) is 0 Å². The smallest absolute Gasteiger partial charge is 0.306 e. The number of nitro groups is 1. The first kappa shape index (κ1) is 13.3. The molecule has 0 radical (unpaired) electrons. The largest absolute Gasteiger partial charge is 0.379 e. The number of benzene rings is 1. The Balaban J connectivity index is 2.33. The van der Waals surface area contributed by atoms with E-state index in [4.69, 9.17) is 0 Å². The van der Waals surface area contributed by atoms with Crippen molar-refractivity contribution in [1.82, 2.24) is 15.2 Å². The Morgan fingerprint density at radius 2 is 2.37 bits per heavy atom. The molecule has 0 bridgehead atoms. The van der Waals surface area contributed by atoms with Gasteiger partial charge in [-0.1, -0.05) is 13.0 Å². The molecule has 1 aromatic heterocycles. The molecular weight excluding hydrogens is 266 g/mol. The summed E-state index contributed by atoms with van der Waals surface area (Å²) in [6.45, 7) is 2.70. The van der Waals surface area contributed by atoms with E-state index in [-0.39, 0.29) is 10.6 Å². The van der Waals surface area contributed by atoms with Crippen molar-refractivity contribution in [3.8, 4) is 0 Å². The first-order valence-electron chi connectivity index (χ1n) is 5.77. The summed E-state index contributed by atoms with van der Waals surface area (Å²) >= 11 is 1.19. The van der Waals surface area contributed by atoms with Gasteiger partial charge in [0.05, 0.1) is 9.82 Å². The highest BCUT2D eigenvalue weighted by atomic mass is 32.2. The molecule has 2 aromatic rings. The molecule has 0 aliphatic rings. The van der Waals surface area contributed by atoms with Crippen LogP contribution in [0.3, 0.4) is 0 Å². The molecule has 8 heteroatoms. The van der Waals surface area contributed by atoms with Crippen molar-refractivity contribution in [1.29, 1.82) is 0 Å². The second kappa shape index (κ2) is 6.19. The number of H-pyrrole nitrogens is 1. The maximum absolute atomic E-state index is 11.2. The number of aromatic nitrogens is 3. The highest BCUT2D eigenvalue weighted by Crippen LogP contribution is 2.37. The topological polar surface area (TPSA) is 96.7 Å². The second-order valence-electron chi connectivity index (χ2n) is 3.73. The second-order valence-corrected chi connectivity index (χ2v) is 4.76. The average molecular weight is 279 g/mol. The van der Waals surface area contributed by atoms with Gasteiger partial charge in [0, 0.05) is 6.54 Å². The molecule has 100 valence electrons. The minimum absolute atomic E-state index is 0.0670. The first-order chi connectivity index (χ1) is 9.22. The van der Waals surface area contributed by atoms with Crippen LogP contribution in [0.25, 0.3) is 0 Å². The third-order valence-electron chi connectivity index (χ3n) is 2.35. The number of hydrogen-bond donors (Lipinski definition) is 2. The van der Waals surface area contributed by atoms with Crippen LogP contribution in [0.15, 0.2) is 34.6 Å². The highest BCUT2D eigenvalue weighted by molar-refractivity contribution is 7.99. The van der Waals surface area contributed by atoms with Crippen LogP contribution >= 0.6 is 11.8 Å². The summed E-state index contributed by atoms with van der Waals surface area (Å²) in [5.74, 6) is 0. The Kier molecular flexibility index (Phi) is 4.35. The zero-order valence-electron chi connectivity index (χ0n) is 10.3. The summed E-state index contributed by atoms with van der Waals surface area (Å²) in [7, 11) is 0. The van der Waals surface area contributed by atoms with Gasteiger partial charge in [-0.25, -0.2) is 4.98 Å². The Morgan fingerprint density at radius 1 is 1.53 bits per heavy atom. The predicted molar refractivity (Wildman–Crippen MR) is 72.4 cm³/mol. The van der Waals surface area contributed by atoms with E-state index >= 15 is 0 Å². The maximum Gasteiger partial charge on any atom is 0.306 e. The van der Waals surface area contributed by atoms with Crippen molar-refractivity contribution in [2.24, 2.45) is 0 Å². The Bertz CT molecular complexity index is 558. The molecule has 0 spiro atoms. The number of nitro benzene ring substituents is 1. The van der Waals surface area contributed by atoms with E-state index in [9.17, 15) is 10.1 Å². The lowest BCUT2D eigenvalue weighted by atomic mass is 10.2. The van der Waals surface area contributed by atoms with E-state index in [1.54, 1.807) is 18.2 Å². The minimum atomic E-state index is -0.378. The molecule has 0 saturated heterocycles. The zero-order valence-corrected chi connectivity index (χ0v) is 11.1. The van der Waals surface area contributed by atoms with Gasteiger partial charge in [-0.2, -0.15) is 5.10 Å². The maximum atomic E-state index is 11.2. The van der Waals surface area contributed by atoms with Crippen molar-refractivity contribution in [2.75, 3.05) is 11.9 Å². The minimum Gasteiger partial charge on any atom is -0.379 e. The summed E-state index contributed by atoms with van der Waals surface area (Å²) in [6, 6.07) is 5.18. The Labute approximate surface area is 114 Å². The molecule has 19 heavy (non-hydrogen) atoms. The molecule has 7 nitrogen and oxygen atoms in total. The van der Waals surface area contributed by atoms with Crippen molar-refractivity contribution in [3.05, 3.63) is 34.6 Å². The van der Waals surface area contributed by atoms with Crippen LogP contribution in [0.1, 0.15) is 13.3 Å². The summed E-state index contributed by atoms with van der Waals surface area (Å²) in [6.07, 6.45) is 2.27. The first-order valence-corrected chi connectivity index (χ1v) is 6.58. The highest BCUT2D eigenvalue weighted by Gasteiger charge is 2.20. The molecule has 2 N–H and O–H groups in total. The molecule has 1 aromatic carbocycles. The van der Waals surface area contributed by atoms with Crippen LogP contribution in [0.4, 0.5) is 11.4 Å². The van der Waals surface area contributed by atoms with E-state index < -0.39 is 0 Å². The zero-order chi connectivity index (χ0) is 13.7. The van der Waals surface area contributed by atoms with E-state index in [0.29, 0.717) is 22.3 Å². The van der Waals surface area contributed by atoms with E-state index in [0.717, 1.165) is 6.42 Å². The Morgan fingerprint density at radius 3 is 3.00 bits per heavy atom. The van der Waals surface area contributed by atoms with Gasteiger partial charge in [0.15, 0.2) is 5.16 Å². The van der Waals surface area contributed by atoms with Gasteiger partial charge < -0.3 is 5.32 Å². The van der Waals surface area contributed by atoms with Crippen LogP contribution in [-0.2, 0) is 0 Å². The molecule has 0 fully saturated rings. The van der Waals surface area contributed by atoms with E-state index in [1.807, 2.05) is 6.92 Å². The molecule has 0 aliphatic carbocycles. The number of hydrogen-bond acceptors (Lipinski definition) is 6. The number of nitrogens with zero attached hydrogens (tertiary/aromatic N) is 3. The molecule has 0 unspecified atom stereocenters. The van der Waals surface area contributed by atoms with Crippen LogP contribution in [-0.4, -0.2) is 26.6 Å². The summed E-state index contributed by atoms with van der Waals surface area (Å²) in [4.78, 5) is 15.3. The van der Waals surface area contributed by atoms with Crippen LogP contribution in [0.5, 0.6) is 0 Å². The number of nitrogens with one attached hydrogen (secondary N) is 2. The SMILES string of the molecule is CCCNc1cccc(Sc2ncn[nH]2)c1[N+](=O)[O-]. The van der Waals surface area contributed by atoms with Crippen molar-refractivity contribution < 1.29 is 4.92 Å². The third-order valence-corrected chi connectivity index (χ3v) is 3.29. The monoisotopic (exact) mass is 279 g/mol. The fourth-order valence-electron chi connectivity index (χ4n) is 1.54. The van der Waals surface area contributed by atoms with Crippen LogP contribution < -0.4 is 5.32 Å². The molecule has 0 aliphatic heterocycles. The molecule has 0 saturated carbocycles. The number of para-hydroxylation sites is 1. The molecular formula is C11H13N5O2S. The molecule has 1 heterocycles. The Hall–Kier alpha value is -2.09. The van der Waals surface area contributed by atoms with Gasteiger partial charge >= 0.3 is 5.69 Å². The van der Waals surface area contributed by atoms with Gasteiger partial charge in [0.1, 0.15) is 12.0 Å². The third kappa shape index (κ3) is 3.22. The van der Waals surface area contributed by atoms with Gasteiger partial charge in [-0.3, -0.25) is 15.2 Å². The quantitative estimate of drug-likeness (QED) is 0.623. The van der Waals surface area contributed by atoms with Gasteiger partial charge in [0.25, 0.3) is 0 Å². The molecule has 0 atom stereocenters. The lowest BCUT2D eigenvalue weighted by molar-refractivity contribution is -0.386.